The third kappa shape index (κ3) is 4.43. The van der Waals surface area contributed by atoms with E-state index in [-0.39, 0.29) is 35.4 Å². The first-order valence-corrected chi connectivity index (χ1v) is 15.4. The summed E-state index contributed by atoms with van der Waals surface area (Å²) >= 11 is 0. The van der Waals surface area contributed by atoms with Gasteiger partial charge in [-0.05, 0) is 86.9 Å². The minimum Gasteiger partial charge on any atom is -0.456 e. The number of hydrogen-bond donors (Lipinski definition) is 0. The lowest BCUT2D eigenvalue weighted by Gasteiger charge is -2.27. The summed E-state index contributed by atoms with van der Waals surface area (Å²) in [5.41, 5.74) is 6.22. The van der Waals surface area contributed by atoms with Crippen LogP contribution in [0.3, 0.4) is 0 Å². The van der Waals surface area contributed by atoms with Gasteiger partial charge in [-0.3, -0.25) is 0 Å². The van der Waals surface area contributed by atoms with E-state index in [9.17, 15) is 5.48 Å². The fraction of sp³-hybridized carbons (Fsp3) is 0. The smallest absolute Gasteiger partial charge is 0.135 e. The molecule has 2 nitrogen and oxygen atoms in total. The normalized spacial score (nSPS) is 12.7. The van der Waals surface area contributed by atoms with Gasteiger partial charge in [0.05, 0.1) is 11.2 Å². The average molecular weight is 592 g/mol. The molecule has 0 unspecified atom stereocenters. The van der Waals surface area contributed by atoms with Crippen LogP contribution in [0.5, 0.6) is 0 Å². The maximum Gasteiger partial charge on any atom is 0.135 e. The fourth-order valence-corrected chi connectivity index (χ4v) is 6.52. The van der Waals surface area contributed by atoms with E-state index >= 15 is 0 Å². The van der Waals surface area contributed by atoms with Gasteiger partial charge in [0, 0.05) is 27.5 Å². The lowest BCUT2D eigenvalue weighted by molar-refractivity contribution is 0.669. The van der Waals surface area contributed by atoms with E-state index in [1.807, 2.05) is 138 Å². The number of para-hydroxylation sites is 1. The summed E-state index contributed by atoms with van der Waals surface area (Å²) in [5, 5.41) is 5.87. The first kappa shape index (κ1) is 22.4. The van der Waals surface area contributed by atoms with Gasteiger partial charge < -0.3 is 9.32 Å². The van der Waals surface area contributed by atoms with Crippen molar-refractivity contribution in [1.82, 2.24) is 0 Å². The Morgan fingerprint density at radius 3 is 1.89 bits per heavy atom. The third-order valence-electron chi connectivity index (χ3n) is 8.72. The van der Waals surface area contributed by atoms with Gasteiger partial charge in [0.25, 0.3) is 0 Å². The maximum absolute atomic E-state index is 9.49. The van der Waals surface area contributed by atoms with E-state index in [0.29, 0.717) is 5.56 Å². The van der Waals surface area contributed by atoms with E-state index in [2.05, 4.69) is 18.2 Å². The Morgan fingerprint density at radius 2 is 1.04 bits per heavy atom. The molecule has 0 radical (unpaired) electrons. The van der Waals surface area contributed by atoms with Gasteiger partial charge >= 0.3 is 0 Å². The van der Waals surface area contributed by atoms with Crippen LogP contribution in [-0.2, 0) is 0 Å². The molecule has 0 saturated heterocycles. The Bertz CT molecular complexity index is 2750. The summed E-state index contributed by atoms with van der Waals surface area (Å²) < 4.78 is 43.8. The summed E-state index contributed by atoms with van der Waals surface area (Å²) in [6, 6.07) is 49.4. The van der Waals surface area contributed by atoms with Crippen molar-refractivity contribution in [2.45, 2.75) is 0 Å². The molecule has 216 valence electrons. The molecule has 0 aliphatic carbocycles. The Morgan fingerprint density at radius 1 is 0.413 bits per heavy atom. The van der Waals surface area contributed by atoms with Crippen LogP contribution in [0.1, 0.15) is 5.48 Å². The molecule has 0 amide bonds. The molecular weight excluding hydrogens is 558 g/mol. The average Bonchev–Trinajstić information content (AvgIpc) is 3.54. The summed E-state index contributed by atoms with van der Waals surface area (Å²) in [6.07, 6.45) is 0. The van der Waals surface area contributed by atoms with Crippen molar-refractivity contribution < 1.29 is 9.90 Å². The second kappa shape index (κ2) is 10.8. The van der Waals surface area contributed by atoms with Crippen LogP contribution in [0, 0.1) is 0 Å². The molecule has 9 rings (SSSR count). The Hall–Kier alpha value is -6.12. The van der Waals surface area contributed by atoms with E-state index in [0.717, 1.165) is 66.0 Å². The molecule has 0 spiro atoms. The summed E-state index contributed by atoms with van der Waals surface area (Å²) in [6.45, 7) is 0. The number of anilines is 3. The van der Waals surface area contributed by atoms with Gasteiger partial charge in [-0.2, -0.15) is 0 Å². The minimum absolute atomic E-state index is 0.0870. The molecule has 0 fully saturated rings. The van der Waals surface area contributed by atoms with E-state index in [1.54, 1.807) is 0 Å². The van der Waals surface area contributed by atoms with Gasteiger partial charge in [-0.25, -0.2) is 0 Å². The highest BCUT2D eigenvalue weighted by Crippen LogP contribution is 2.41. The third-order valence-corrected chi connectivity index (χ3v) is 8.72. The van der Waals surface area contributed by atoms with Crippen molar-refractivity contribution in [3.05, 3.63) is 176 Å². The maximum atomic E-state index is 9.49. The molecule has 46 heavy (non-hydrogen) atoms. The zero-order chi connectivity index (χ0) is 33.9. The van der Waals surface area contributed by atoms with E-state index in [4.69, 9.17) is 4.42 Å². The second-order valence-electron chi connectivity index (χ2n) is 11.4. The van der Waals surface area contributed by atoms with Crippen LogP contribution >= 0.6 is 0 Å². The van der Waals surface area contributed by atoms with E-state index in [1.165, 1.54) is 0 Å². The van der Waals surface area contributed by atoms with Crippen molar-refractivity contribution in [3.8, 4) is 22.3 Å². The van der Waals surface area contributed by atoms with Crippen LogP contribution in [0.25, 0.3) is 65.7 Å². The SMILES string of the molecule is [2H]c1c([2H])c(N(c2cccc(-c3ccc4oc5ccccc5c4c3)c2)c2cccc3ccccc23)c([2H])c([2H])c1-c1cccc2ccccc12. The molecule has 0 N–H and O–H groups in total. The van der Waals surface area contributed by atoms with E-state index < -0.39 is 0 Å². The summed E-state index contributed by atoms with van der Waals surface area (Å²) in [4.78, 5) is 1.88. The standard InChI is InChI=1S/C44H29NO/c1-3-16-37-30(10-1)12-8-19-38(37)32-22-25-35(26-23-32)45(42-20-9-13-31-11-2-4-17-39(31)42)36-15-7-14-33(28-36)34-24-27-44-41(29-34)40-18-5-6-21-43(40)46-44/h1-29H/i22D,23D,25D,26D. The topological polar surface area (TPSA) is 16.4 Å². The molecule has 9 aromatic rings. The Kier molecular flexibility index (Phi) is 5.26. The van der Waals surface area contributed by atoms with Crippen LogP contribution in [-0.4, -0.2) is 0 Å². The van der Waals surface area contributed by atoms with Gasteiger partial charge in [0.15, 0.2) is 0 Å². The molecule has 0 aliphatic rings. The second-order valence-corrected chi connectivity index (χ2v) is 11.4. The van der Waals surface area contributed by atoms with Crippen molar-refractivity contribution in [2.75, 3.05) is 4.90 Å². The van der Waals surface area contributed by atoms with Crippen molar-refractivity contribution >= 4 is 60.5 Å². The highest BCUT2D eigenvalue weighted by Gasteiger charge is 2.17. The predicted molar refractivity (Wildman–Crippen MR) is 194 cm³/mol. The number of furan rings is 1. The van der Waals surface area contributed by atoms with Gasteiger partial charge in [0.1, 0.15) is 11.2 Å². The highest BCUT2D eigenvalue weighted by atomic mass is 16.3. The molecule has 0 atom stereocenters. The zero-order valence-electron chi connectivity index (χ0n) is 28.8. The Labute approximate surface area is 273 Å². The van der Waals surface area contributed by atoms with Crippen LogP contribution in [0.2, 0.25) is 0 Å². The van der Waals surface area contributed by atoms with Gasteiger partial charge in [0.2, 0.25) is 0 Å². The number of rotatable bonds is 5. The molecule has 0 aliphatic heterocycles. The van der Waals surface area contributed by atoms with Crippen LogP contribution < -0.4 is 4.90 Å². The fourth-order valence-electron chi connectivity index (χ4n) is 6.52. The molecule has 8 aromatic carbocycles. The first-order valence-electron chi connectivity index (χ1n) is 17.4. The van der Waals surface area contributed by atoms with Crippen LogP contribution in [0.15, 0.2) is 180 Å². The highest BCUT2D eigenvalue weighted by molar-refractivity contribution is 6.06. The lowest BCUT2D eigenvalue weighted by atomic mass is 9.97. The van der Waals surface area contributed by atoms with Crippen molar-refractivity contribution in [2.24, 2.45) is 0 Å². The molecule has 0 saturated carbocycles. The largest absolute Gasteiger partial charge is 0.456 e. The molecule has 1 heterocycles. The molecule has 1 aromatic heterocycles. The molecule has 2 heteroatoms. The predicted octanol–water partition coefficient (Wildman–Crippen LogP) is 12.7. The number of benzene rings is 8. The van der Waals surface area contributed by atoms with Crippen LogP contribution in [0.4, 0.5) is 17.1 Å². The van der Waals surface area contributed by atoms with Gasteiger partial charge in [-0.15, -0.1) is 0 Å². The number of fused-ring (bicyclic) bond motifs is 5. The molecular formula is C44H29NO. The molecule has 0 bridgehead atoms. The minimum atomic E-state index is -0.112. The monoisotopic (exact) mass is 591 g/mol. The Balaban J connectivity index is 1.28. The number of nitrogens with zero attached hydrogens (tertiary/aromatic N) is 1. The van der Waals surface area contributed by atoms with Crippen molar-refractivity contribution in [1.29, 1.82) is 0 Å². The number of hydrogen-bond acceptors (Lipinski definition) is 2. The summed E-state index contributed by atoms with van der Waals surface area (Å²) in [7, 11) is 0. The lowest BCUT2D eigenvalue weighted by Crippen LogP contribution is -2.10. The zero-order valence-corrected chi connectivity index (χ0v) is 24.8. The van der Waals surface area contributed by atoms with Crippen molar-refractivity contribution in [3.63, 3.8) is 0 Å². The first-order chi connectivity index (χ1) is 24.5. The van der Waals surface area contributed by atoms with Gasteiger partial charge in [-0.1, -0.05) is 127 Å². The quantitative estimate of drug-likeness (QED) is 0.198. The summed E-state index contributed by atoms with van der Waals surface area (Å²) in [5.74, 6) is 0.